The molecule has 0 saturated carbocycles. The van der Waals surface area contributed by atoms with Crippen LogP contribution in [0.5, 0.6) is 5.75 Å². The topological polar surface area (TPSA) is 94.3 Å². The second-order valence-electron chi connectivity index (χ2n) is 7.70. The summed E-state index contributed by atoms with van der Waals surface area (Å²) in [5.41, 5.74) is 7.17. The first-order valence-corrected chi connectivity index (χ1v) is 12.2. The Kier molecular flexibility index (Phi) is 7.89. The van der Waals surface area contributed by atoms with E-state index in [9.17, 15) is 4.79 Å². The molecular weight excluding hydrogens is 460 g/mol. The van der Waals surface area contributed by atoms with Gasteiger partial charge in [-0.2, -0.15) is 5.10 Å². The average molecular weight is 487 g/mol. The van der Waals surface area contributed by atoms with Crippen molar-refractivity contribution in [2.24, 2.45) is 5.10 Å². The summed E-state index contributed by atoms with van der Waals surface area (Å²) in [6.07, 6.45) is 3.44. The van der Waals surface area contributed by atoms with Crippen molar-refractivity contribution in [2.45, 2.75) is 25.9 Å². The summed E-state index contributed by atoms with van der Waals surface area (Å²) in [7, 11) is 0. The molecule has 178 valence electrons. The quantitative estimate of drug-likeness (QED) is 0.210. The summed E-state index contributed by atoms with van der Waals surface area (Å²) in [4.78, 5) is 16.7. The Balaban J connectivity index is 1.52. The number of hydrazone groups is 1. The van der Waals surface area contributed by atoms with Crippen LogP contribution in [0.1, 0.15) is 25.0 Å². The highest BCUT2D eigenvalue weighted by molar-refractivity contribution is 7.99. The highest BCUT2D eigenvalue weighted by Gasteiger charge is 2.17. The number of hydrogen-bond donors (Lipinski definition) is 1. The van der Waals surface area contributed by atoms with E-state index in [1.807, 2.05) is 86.0 Å². The third kappa shape index (κ3) is 6.13. The van der Waals surface area contributed by atoms with Gasteiger partial charge in [-0.1, -0.05) is 41.6 Å². The van der Waals surface area contributed by atoms with Gasteiger partial charge in [-0.15, -0.1) is 10.2 Å². The lowest BCUT2D eigenvalue weighted by Gasteiger charge is -2.11. The van der Waals surface area contributed by atoms with Gasteiger partial charge in [0.25, 0.3) is 5.91 Å². The number of benzene rings is 2. The number of amides is 1. The molecule has 4 aromatic rings. The molecule has 0 atom stereocenters. The summed E-state index contributed by atoms with van der Waals surface area (Å²) in [6, 6.07) is 19.4. The largest absolute Gasteiger partial charge is 0.494 e. The molecule has 8 nitrogen and oxygen atoms in total. The fourth-order valence-corrected chi connectivity index (χ4v) is 4.05. The van der Waals surface area contributed by atoms with E-state index in [2.05, 4.69) is 25.7 Å². The third-order valence-corrected chi connectivity index (χ3v) is 6.04. The minimum atomic E-state index is -0.231. The first-order chi connectivity index (χ1) is 17.0. The molecule has 9 heteroatoms. The minimum Gasteiger partial charge on any atom is -0.494 e. The zero-order valence-electron chi connectivity index (χ0n) is 19.8. The van der Waals surface area contributed by atoms with Crippen molar-refractivity contribution < 1.29 is 9.53 Å². The second-order valence-corrected chi connectivity index (χ2v) is 8.64. The van der Waals surface area contributed by atoms with Gasteiger partial charge >= 0.3 is 0 Å². The van der Waals surface area contributed by atoms with Gasteiger partial charge in [-0.3, -0.25) is 14.3 Å². The normalized spacial score (nSPS) is 11.3. The maximum Gasteiger partial charge on any atom is 0.250 e. The van der Waals surface area contributed by atoms with Crippen LogP contribution in [0.15, 0.2) is 83.3 Å². The Morgan fingerprint density at radius 1 is 1.09 bits per heavy atom. The molecule has 0 fully saturated rings. The van der Waals surface area contributed by atoms with Crippen LogP contribution >= 0.6 is 11.8 Å². The molecule has 1 amide bonds. The number of pyridine rings is 1. The van der Waals surface area contributed by atoms with Crippen molar-refractivity contribution in [2.75, 3.05) is 12.4 Å². The van der Waals surface area contributed by atoms with Crippen LogP contribution in [0.25, 0.3) is 17.1 Å². The molecule has 0 aliphatic heterocycles. The van der Waals surface area contributed by atoms with Crippen molar-refractivity contribution in [3.05, 3.63) is 84.2 Å². The number of carbonyl (C=O) groups excluding carboxylic acids is 1. The molecule has 0 aliphatic rings. The Hall–Kier alpha value is -3.98. The zero-order valence-corrected chi connectivity index (χ0v) is 20.6. The van der Waals surface area contributed by atoms with Gasteiger partial charge in [0.2, 0.25) is 0 Å². The highest BCUT2D eigenvalue weighted by atomic mass is 32.2. The lowest BCUT2D eigenvalue weighted by atomic mass is 10.1. The molecule has 0 aliphatic carbocycles. The SMILES string of the molecule is CCOc1ccc(-n2c(SCC(=O)N/N=C(/C)c3ccc(C)cc3)nnc2-c2cccnc2)cc1. The maximum absolute atomic E-state index is 12.5. The van der Waals surface area contributed by atoms with Crippen molar-refractivity contribution in [3.8, 4) is 22.8 Å². The lowest BCUT2D eigenvalue weighted by Crippen LogP contribution is -2.21. The molecular formula is C26H26N6O2S. The van der Waals surface area contributed by atoms with Gasteiger partial charge < -0.3 is 4.74 Å². The molecule has 2 aromatic heterocycles. The van der Waals surface area contributed by atoms with Crippen molar-refractivity contribution in [1.82, 2.24) is 25.2 Å². The number of thioether (sulfide) groups is 1. The molecule has 0 unspecified atom stereocenters. The number of rotatable bonds is 9. The average Bonchev–Trinajstić information content (AvgIpc) is 3.31. The fourth-order valence-electron chi connectivity index (χ4n) is 3.30. The third-order valence-electron chi connectivity index (χ3n) is 5.11. The van der Waals surface area contributed by atoms with E-state index in [4.69, 9.17) is 4.74 Å². The Labute approximate surface area is 208 Å². The number of ether oxygens (including phenoxy) is 1. The van der Waals surface area contributed by atoms with Gasteiger partial charge in [0.1, 0.15) is 5.75 Å². The van der Waals surface area contributed by atoms with E-state index < -0.39 is 0 Å². The first kappa shape index (κ1) is 24.2. The van der Waals surface area contributed by atoms with Gasteiger partial charge in [0, 0.05) is 23.6 Å². The summed E-state index contributed by atoms with van der Waals surface area (Å²) < 4.78 is 7.47. The number of aromatic nitrogens is 4. The molecule has 0 spiro atoms. The lowest BCUT2D eigenvalue weighted by molar-refractivity contribution is -0.118. The molecule has 0 radical (unpaired) electrons. The van der Waals surface area contributed by atoms with E-state index in [1.165, 1.54) is 17.3 Å². The standard InChI is InChI=1S/C26H26N6O2S/c1-4-34-23-13-11-22(12-14-23)32-25(21-6-5-15-27-16-21)30-31-26(32)35-17-24(33)29-28-19(3)20-9-7-18(2)8-10-20/h5-16H,4,17H2,1-3H3,(H,29,33)/b28-19-. The van der Waals surface area contributed by atoms with Crippen LogP contribution in [-0.4, -0.2) is 43.7 Å². The van der Waals surface area contributed by atoms with Crippen molar-refractivity contribution in [1.29, 1.82) is 0 Å². The zero-order chi connectivity index (χ0) is 24.6. The predicted molar refractivity (Wildman–Crippen MR) is 138 cm³/mol. The molecule has 2 aromatic carbocycles. The fraction of sp³-hybridized carbons (Fsp3) is 0.192. The Morgan fingerprint density at radius 3 is 2.54 bits per heavy atom. The van der Waals surface area contributed by atoms with Crippen LogP contribution < -0.4 is 10.2 Å². The predicted octanol–water partition coefficient (Wildman–Crippen LogP) is 4.67. The molecule has 1 N–H and O–H groups in total. The number of nitrogens with zero attached hydrogens (tertiary/aromatic N) is 5. The summed E-state index contributed by atoms with van der Waals surface area (Å²) >= 11 is 1.29. The molecule has 0 saturated heterocycles. The Morgan fingerprint density at radius 2 is 1.86 bits per heavy atom. The van der Waals surface area contributed by atoms with Crippen LogP contribution in [-0.2, 0) is 4.79 Å². The van der Waals surface area contributed by atoms with Crippen molar-refractivity contribution in [3.63, 3.8) is 0 Å². The van der Waals surface area contributed by atoms with Crippen LogP contribution in [0.3, 0.4) is 0 Å². The first-order valence-electron chi connectivity index (χ1n) is 11.2. The number of carbonyl (C=O) groups is 1. The smallest absolute Gasteiger partial charge is 0.250 e. The summed E-state index contributed by atoms with van der Waals surface area (Å²) in [5, 5.41) is 13.6. The van der Waals surface area contributed by atoms with Gasteiger partial charge in [0.05, 0.1) is 18.1 Å². The number of hydrogen-bond acceptors (Lipinski definition) is 7. The molecule has 0 bridgehead atoms. The van der Waals surface area contributed by atoms with Crippen molar-refractivity contribution >= 4 is 23.4 Å². The highest BCUT2D eigenvalue weighted by Crippen LogP contribution is 2.28. The van der Waals surface area contributed by atoms with E-state index in [0.717, 1.165) is 28.3 Å². The van der Waals surface area contributed by atoms with Crippen LogP contribution in [0, 0.1) is 6.92 Å². The molecule has 4 rings (SSSR count). The van der Waals surface area contributed by atoms with E-state index in [1.54, 1.807) is 12.4 Å². The second kappa shape index (κ2) is 11.4. The number of nitrogens with one attached hydrogen (secondary N) is 1. The minimum absolute atomic E-state index is 0.132. The maximum atomic E-state index is 12.5. The van der Waals surface area contributed by atoms with Crippen LogP contribution in [0.4, 0.5) is 0 Å². The number of aryl methyl sites for hydroxylation is 1. The van der Waals surface area contributed by atoms with E-state index in [0.29, 0.717) is 17.6 Å². The van der Waals surface area contributed by atoms with E-state index in [-0.39, 0.29) is 11.7 Å². The summed E-state index contributed by atoms with van der Waals surface area (Å²) in [6.45, 7) is 6.43. The van der Waals surface area contributed by atoms with Gasteiger partial charge in [-0.25, -0.2) is 5.43 Å². The monoisotopic (exact) mass is 486 g/mol. The Bertz CT molecular complexity index is 1300. The van der Waals surface area contributed by atoms with Crippen LogP contribution in [0.2, 0.25) is 0 Å². The summed E-state index contributed by atoms with van der Waals surface area (Å²) in [5.74, 6) is 1.32. The molecule has 35 heavy (non-hydrogen) atoms. The van der Waals surface area contributed by atoms with E-state index >= 15 is 0 Å². The molecule has 2 heterocycles. The van der Waals surface area contributed by atoms with Gasteiger partial charge in [0.15, 0.2) is 11.0 Å². The van der Waals surface area contributed by atoms with Gasteiger partial charge in [-0.05, 0) is 62.7 Å².